The number of hydrogen-bond acceptors (Lipinski definition) is 4. The molecule has 1 N–H and O–H groups in total. The van der Waals surface area contributed by atoms with Crippen LogP contribution in [0.5, 0.6) is 0 Å². The van der Waals surface area contributed by atoms with Crippen LogP contribution in [-0.2, 0) is 4.84 Å². The van der Waals surface area contributed by atoms with Crippen LogP contribution in [0.15, 0.2) is 11.9 Å². The predicted octanol–water partition coefficient (Wildman–Crippen LogP) is -0.199. The minimum Gasteiger partial charge on any atom is -0.267 e. The zero-order chi connectivity index (χ0) is 5.98. The van der Waals surface area contributed by atoms with E-state index in [1.807, 2.05) is 0 Å². The standard InChI is InChI=1S/C3H3N2O3/c6-5(7)3-1-4-8-2-3/h1-2,4H. The van der Waals surface area contributed by atoms with Gasteiger partial charge in [0.15, 0.2) is 0 Å². The number of hydrogen-bond donors (Lipinski definition) is 1. The van der Waals surface area contributed by atoms with E-state index < -0.39 is 4.92 Å². The molecule has 8 heavy (non-hydrogen) atoms. The molecule has 0 aromatic carbocycles. The highest BCUT2D eigenvalue weighted by atomic mass is 16.7. The average molecular weight is 115 g/mol. The highest BCUT2D eigenvalue weighted by molar-refractivity contribution is 5.00. The molecule has 0 amide bonds. The van der Waals surface area contributed by atoms with E-state index in [0.717, 1.165) is 6.61 Å². The molecule has 1 aliphatic rings. The fraction of sp³-hybridized carbons (Fsp3) is 0. The Labute approximate surface area is 45.0 Å². The third kappa shape index (κ3) is 0.760. The molecule has 1 radical (unpaired) electrons. The van der Waals surface area contributed by atoms with Gasteiger partial charge in [0.05, 0.1) is 4.92 Å². The van der Waals surface area contributed by atoms with Crippen molar-refractivity contribution in [3.8, 4) is 0 Å². The first kappa shape index (κ1) is 5.04. The molecule has 0 saturated carbocycles. The van der Waals surface area contributed by atoms with Gasteiger partial charge in [0.25, 0.3) is 5.70 Å². The smallest absolute Gasteiger partial charge is 0.267 e. The van der Waals surface area contributed by atoms with Crippen LogP contribution in [0.2, 0.25) is 0 Å². The van der Waals surface area contributed by atoms with Crippen molar-refractivity contribution in [3.63, 3.8) is 0 Å². The van der Waals surface area contributed by atoms with Crippen molar-refractivity contribution in [3.05, 3.63) is 28.6 Å². The first-order chi connectivity index (χ1) is 3.80. The van der Waals surface area contributed by atoms with Crippen LogP contribution in [-0.4, -0.2) is 4.92 Å². The van der Waals surface area contributed by atoms with Gasteiger partial charge in [-0.2, -0.15) is 0 Å². The summed E-state index contributed by atoms with van der Waals surface area (Å²) >= 11 is 0. The minimum absolute atomic E-state index is 0.0648. The summed E-state index contributed by atoms with van der Waals surface area (Å²) in [6.45, 7) is 1.03. The third-order valence-electron chi connectivity index (χ3n) is 0.665. The number of rotatable bonds is 1. The molecule has 0 unspecified atom stereocenters. The van der Waals surface area contributed by atoms with Crippen LogP contribution in [0.4, 0.5) is 0 Å². The average Bonchev–Trinajstić information content (AvgIpc) is 2.12. The van der Waals surface area contributed by atoms with Gasteiger partial charge in [-0.25, -0.2) is 0 Å². The molecule has 0 aliphatic carbocycles. The van der Waals surface area contributed by atoms with Crippen LogP contribution in [0.25, 0.3) is 0 Å². The molecule has 0 aromatic rings. The van der Waals surface area contributed by atoms with Gasteiger partial charge in [0.1, 0.15) is 6.20 Å². The second-order valence-electron chi connectivity index (χ2n) is 1.18. The lowest BCUT2D eigenvalue weighted by atomic mass is 10.5. The lowest BCUT2D eigenvalue weighted by Crippen LogP contribution is -1.94. The first-order valence-electron chi connectivity index (χ1n) is 1.89. The molecule has 5 nitrogen and oxygen atoms in total. The Morgan fingerprint density at radius 3 is 2.88 bits per heavy atom. The molecule has 1 rings (SSSR count). The molecule has 0 saturated heterocycles. The molecule has 5 heteroatoms. The molecule has 43 valence electrons. The van der Waals surface area contributed by atoms with Crippen LogP contribution in [0.1, 0.15) is 0 Å². The van der Waals surface area contributed by atoms with Crippen LogP contribution in [0.3, 0.4) is 0 Å². The summed E-state index contributed by atoms with van der Waals surface area (Å²) < 4.78 is 0. The molecule has 1 heterocycles. The quantitative estimate of drug-likeness (QED) is 0.379. The number of nitro groups is 1. The lowest BCUT2D eigenvalue weighted by molar-refractivity contribution is -0.423. The van der Waals surface area contributed by atoms with Crippen molar-refractivity contribution >= 4 is 0 Å². The maximum Gasteiger partial charge on any atom is 0.298 e. The van der Waals surface area contributed by atoms with Gasteiger partial charge < -0.3 is 0 Å². The van der Waals surface area contributed by atoms with Gasteiger partial charge in [0.2, 0.25) is 6.61 Å². The molecular formula is C3H3N2O3. The van der Waals surface area contributed by atoms with Gasteiger partial charge in [-0.3, -0.25) is 20.4 Å². The molecule has 0 spiro atoms. The molecule has 1 aliphatic heterocycles. The van der Waals surface area contributed by atoms with Crippen LogP contribution >= 0.6 is 0 Å². The van der Waals surface area contributed by atoms with Crippen molar-refractivity contribution in [1.29, 1.82) is 0 Å². The van der Waals surface area contributed by atoms with Gasteiger partial charge in [-0.05, 0) is 0 Å². The Balaban J connectivity index is 2.57. The fourth-order valence-electron chi connectivity index (χ4n) is 0.319. The van der Waals surface area contributed by atoms with Crippen LogP contribution < -0.4 is 5.48 Å². The van der Waals surface area contributed by atoms with E-state index in [1.165, 1.54) is 6.20 Å². The summed E-state index contributed by atoms with van der Waals surface area (Å²) in [5.41, 5.74) is 2.13. The maximum absolute atomic E-state index is 9.79. The summed E-state index contributed by atoms with van der Waals surface area (Å²) in [5.74, 6) is 0. The number of hydroxylamine groups is 1. The van der Waals surface area contributed by atoms with E-state index in [9.17, 15) is 10.1 Å². The Morgan fingerprint density at radius 1 is 1.88 bits per heavy atom. The Hall–Kier alpha value is -1.10. The minimum atomic E-state index is -0.542. The van der Waals surface area contributed by atoms with E-state index in [4.69, 9.17) is 0 Å². The van der Waals surface area contributed by atoms with E-state index in [0.29, 0.717) is 0 Å². The lowest BCUT2D eigenvalue weighted by Gasteiger charge is -1.82. The summed E-state index contributed by atoms with van der Waals surface area (Å²) in [6, 6.07) is 0. The molecule has 0 bridgehead atoms. The van der Waals surface area contributed by atoms with E-state index in [-0.39, 0.29) is 5.70 Å². The summed E-state index contributed by atoms with van der Waals surface area (Å²) in [5, 5.41) is 9.79. The van der Waals surface area contributed by atoms with E-state index in [2.05, 4.69) is 10.3 Å². The number of nitrogens with one attached hydrogen (secondary N) is 1. The van der Waals surface area contributed by atoms with Crippen molar-refractivity contribution < 1.29 is 9.76 Å². The number of nitrogens with zero attached hydrogens (tertiary/aromatic N) is 1. The van der Waals surface area contributed by atoms with Crippen molar-refractivity contribution in [1.82, 2.24) is 5.48 Å². The second-order valence-corrected chi connectivity index (χ2v) is 1.18. The Bertz CT molecular complexity index is 141. The maximum atomic E-state index is 9.79. The van der Waals surface area contributed by atoms with Gasteiger partial charge in [0, 0.05) is 0 Å². The zero-order valence-corrected chi connectivity index (χ0v) is 3.83. The van der Waals surface area contributed by atoms with E-state index >= 15 is 0 Å². The molecule has 0 atom stereocenters. The predicted molar refractivity (Wildman–Crippen MR) is 23.6 cm³/mol. The van der Waals surface area contributed by atoms with Crippen molar-refractivity contribution in [2.45, 2.75) is 0 Å². The van der Waals surface area contributed by atoms with Crippen LogP contribution in [0, 0.1) is 16.7 Å². The van der Waals surface area contributed by atoms with Gasteiger partial charge >= 0.3 is 0 Å². The highest BCUT2D eigenvalue weighted by Gasteiger charge is 2.16. The van der Waals surface area contributed by atoms with E-state index in [1.54, 1.807) is 0 Å². The molecule has 0 fully saturated rings. The second kappa shape index (κ2) is 1.79. The Morgan fingerprint density at radius 2 is 2.62 bits per heavy atom. The molecule has 0 aromatic heterocycles. The summed E-state index contributed by atoms with van der Waals surface area (Å²) in [6.07, 6.45) is 1.17. The Kier molecular flexibility index (Phi) is 1.13. The zero-order valence-electron chi connectivity index (χ0n) is 3.83. The monoisotopic (exact) mass is 115 g/mol. The van der Waals surface area contributed by atoms with Gasteiger partial charge in [-0.15, -0.1) is 0 Å². The normalized spacial score (nSPS) is 17.2. The third-order valence-corrected chi connectivity index (χ3v) is 0.665. The fourth-order valence-corrected chi connectivity index (χ4v) is 0.319. The van der Waals surface area contributed by atoms with Crippen molar-refractivity contribution in [2.24, 2.45) is 0 Å². The highest BCUT2D eigenvalue weighted by Crippen LogP contribution is 2.03. The SMILES string of the molecule is O=[N+]([O-])C1=CNO[CH]1. The largest absolute Gasteiger partial charge is 0.298 e. The van der Waals surface area contributed by atoms with Gasteiger partial charge in [-0.1, -0.05) is 0 Å². The molecular weight excluding hydrogens is 112 g/mol. The topological polar surface area (TPSA) is 64.4 Å². The summed E-state index contributed by atoms with van der Waals surface area (Å²) in [7, 11) is 0. The first-order valence-corrected chi connectivity index (χ1v) is 1.89. The summed E-state index contributed by atoms with van der Waals surface area (Å²) in [4.78, 5) is 13.6. The van der Waals surface area contributed by atoms with Crippen molar-refractivity contribution in [2.75, 3.05) is 0 Å².